The maximum atomic E-state index is 4.48. The van der Waals surface area contributed by atoms with Crippen LogP contribution in [-0.2, 0) is 6.42 Å². The highest BCUT2D eigenvalue weighted by molar-refractivity contribution is 5.42. The van der Waals surface area contributed by atoms with E-state index in [1.807, 2.05) is 10.9 Å². The fraction of sp³-hybridized carbons (Fsp3) is 0.438. The third-order valence-electron chi connectivity index (χ3n) is 3.32. The van der Waals surface area contributed by atoms with Crippen molar-refractivity contribution in [1.82, 2.24) is 15.1 Å². The molecule has 3 heteroatoms. The third-order valence-corrected chi connectivity index (χ3v) is 3.32. The molecule has 0 bridgehead atoms. The summed E-state index contributed by atoms with van der Waals surface area (Å²) in [5.74, 6) is 0. The topological polar surface area (TPSA) is 29.9 Å². The van der Waals surface area contributed by atoms with Gasteiger partial charge in [0.15, 0.2) is 0 Å². The van der Waals surface area contributed by atoms with Crippen LogP contribution in [0.3, 0.4) is 0 Å². The number of rotatable bonds is 6. The number of aromatic nitrogens is 2. The van der Waals surface area contributed by atoms with Crippen LogP contribution in [0.1, 0.15) is 30.0 Å². The molecule has 0 saturated carbocycles. The molecule has 0 radical (unpaired) electrons. The largest absolute Gasteiger partial charge is 0.317 e. The predicted molar refractivity (Wildman–Crippen MR) is 79.9 cm³/mol. The first-order chi connectivity index (χ1) is 9.20. The highest BCUT2D eigenvalue weighted by atomic mass is 15.3. The summed E-state index contributed by atoms with van der Waals surface area (Å²) in [6.07, 6.45) is 6.37. The molecule has 102 valence electrons. The lowest BCUT2D eigenvalue weighted by molar-refractivity contribution is 0.672. The maximum absolute atomic E-state index is 4.48. The van der Waals surface area contributed by atoms with Crippen LogP contribution in [0.15, 0.2) is 30.6 Å². The number of hydrogen-bond donors (Lipinski definition) is 1. The minimum Gasteiger partial charge on any atom is -0.317 e. The van der Waals surface area contributed by atoms with Gasteiger partial charge in [0.1, 0.15) is 0 Å². The molecule has 1 N–H and O–H groups in total. The normalized spacial score (nSPS) is 10.9. The highest BCUT2D eigenvalue weighted by Crippen LogP contribution is 2.16. The second-order valence-corrected chi connectivity index (χ2v) is 5.04. The van der Waals surface area contributed by atoms with Crippen molar-refractivity contribution in [1.29, 1.82) is 0 Å². The van der Waals surface area contributed by atoms with Crippen molar-refractivity contribution >= 4 is 0 Å². The van der Waals surface area contributed by atoms with Gasteiger partial charge in [0.2, 0.25) is 0 Å². The number of hydrogen-bond acceptors (Lipinski definition) is 2. The molecule has 0 unspecified atom stereocenters. The minimum atomic E-state index is 1.04. The number of benzene rings is 1. The van der Waals surface area contributed by atoms with Crippen LogP contribution in [0.2, 0.25) is 0 Å². The summed E-state index contributed by atoms with van der Waals surface area (Å²) in [5.41, 5.74) is 5.01. The maximum Gasteiger partial charge on any atom is 0.0677 e. The zero-order valence-corrected chi connectivity index (χ0v) is 12.1. The third kappa shape index (κ3) is 3.67. The molecule has 0 fully saturated rings. The van der Waals surface area contributed by atoms with E-state index < -0.39 is 0 Å². The van der Waals surface area contributed by atoms with E-state index in [0.29, 0.717) is 0 Å². The van der Waals surface area contributed by atoms with Crippen molar-refractivity contribution in [2.45, 2.75) is 33.6 Å². The Balaban J connectivity index is 2.06. The van der Waals surface area contributed by atoms with E-state index in [-0.39, 0.29) is 0 Å². The predicted octanol–water partition coefficient (Wildman–Crippen LogP) is 3.03. The summed E-state index contributed by atoms with van der Waals surface area (Å²) in [6.45, 7) is 8.50. The Hall–Kier alpha value is -1.61. The Morgan fingerprint density at radius 2 is 2.11 bits per heavy atom. The zero-order chi connectivity index (χ0) is 13.7. The molecule has 0 amide bonds. The molecule has 1 heterocycles. The molecule has 0 saturated heterocycles. The minimum absolute atomic E-state index is 1.04. The van der Waals surface area contributed by atoms with Gasteiger partial charge in [-0.1, -0.05) is 19.1 Å². The lowest BCUT2D eigenvalue weighted by Crippen LogP contribution is -2.14. The van der Waals surface area contributed by atoms with Gasteiger partial charge in [-0.3, -0.25) is 0 Å². The molecule has 0 aliphatic carbocycles. The number of nitrogens with zero attached hydrogens (tertiary/aromatic N) is 2. The quantitative estimate of drug-likeness (QED) is 0.806. The first kappa shape index (κ1) is 13.8. The molecule has 0 atom stereocenters. The first-order valence-electron chi connectivity index (χ1n) is 7.02. The summed E-state index contributed by atoms with van der Waals surface area (Å²) < 4.78 is 1.99. The Kier molecular flexibility index (Phi) is 4.74. The zero-order valence-electron chi connectivity index (χ0n) is 12.1. The van der Waals surface area contributed by atoms with Crippen LogP contribution in [-0.4, -0.2) is 22.9 Å². The van der Waals surface area contributed by atoms with Gasteiger partial charge in [0.25, 0.3) is 0 Å². The van der Waals surface area contributed by atoms with Crippen molar-refractivity contribution in [3.05, 3.63) is 47.3 Å². The second kappa shape index (κ2) is 6.53. The standard InChI is InChI=1S/C16H23N3/c1-4-17-9-5-6-15-11-18-19(12-15)16-10-13(2)7-8-14(16)3/h7-8,10-12,17H,4-6,9H2,1-3H3. The Morgan fingerprint density at radius 1 is 1.26 bits per heavy atom. The molecule has 2 rings (SSSR count). The van der Waals surface area contributed by atoms with Crippen LogP contribution in [0, 0.1) is 13.8 Å². The molecular weight excluding hydrogens is 234 g/mol. The summed E-state index contributed by atoms with van der Waals surface area (Å²) >= 11 is 0. The summed E-state index contributed by atoms with van der Waals surface area (Å²) in [5, 5.41) is 7.83. The monoisotopic (exact) mass is 257 g/mol. The molecule has 2 aromatic rings. The Morgan fingerprint density at radius 3 is 2.89 bits per heavy atom. The van der Waals surface area contributed by atoms with E-state index in [1.165, 1.54) is 22.4 Å². The van der Waals surface area contributed by atoms with Crippen LogP contribution in [0.25, 0.3) is 5.69 Å². The van der Waals surface area contributed by atoms with Crippen LogP contribution in [0.4, 0.5) is 0 Å². The summed E-state index contributed by atoms with van der Waals surface area (Å²) in [7, 11) is 0. The van der Waals surface area contributed by atoms with Crippen molar-refractivity contribution in [2.75, 3.05) is 13.1 Å². The smallest absolute Gasteiger partial charge is 0.0677 e. The summed E-state index contributed by atoms with van der Waals surface area (Å²) in [4.78, 5) is 0. The first-order valence-corrected chi connectivity index (χ1v) is 7.02. The molecule has 0 aliphatic rings. The molecule has 3 nitrogen and oxygen atoms in total. The fourth-order valence-electron chi connectivity index (χ4n) is 2.18. The molecule has 1 aromatic heterocycles. The average molecular weight is 257 g/mol. The van der Waals surface area contributed by atoms with Crippen LogP contribution < -0.4 is 5.32 Å². The SMILES string of the molecule is CCNCCCc1cnn(-c2cc(C)ccc2C)c1. The van der Waals surface area contributed by atoms with Gasteiger partial charge < -0.3 is 5.32 Å². The molecule has 0 spiro atoms. The highest BCUT2D eigenvalue weighted by Gasteiger charge is 2.04. The number of nitrogens with one attached hydrogen (secondary N) is 1. The molecular formula is C16H23N3. The molecule has 1 aromatic carbocycles. The molecule has 19 heavy (non-hydrogen) atoms. The van der Waals surface area contributed by atoms with E-state index >= 15 is 0 Å². The fourth-order valence-corrected chi connectivity index (χ4v) is 2.18. The lowest BCUT2D eigenvalue weighted by Gasteiger charge is -2.06. The van der Waals surface area contributed by atoms with Gasteiger partial charge in [-0.25, -0.2) is 4.68 Å². The van der Waals surface area contributed by atoms with Gasteiger partial charge in [-0.05, 0) is 62.5 Å². The van der Waals surface area contributed by atoms with Crippen LogP contribution >= 0.6 is 0 Å². The van der Waals surface area contributed by atoms with Crippen LogP contribution in [0.5, 0.6) is 0 Å². The van der Waals surface area contributed by atoms with E-state index in [9.17, 15) is 0 Å². The van der Waals surface area contributed by atoms with Gasteiger partial charge in [0, 0.05) is 6.20 Å². The second-order valence-electron chi connectivity index (χ2n) is 5.04. The van der Waals surface area contributed by atoms with E-state index in [1.54, 1.807) is 0 Å². The Bertz CT molecular complexity index is 529. The summed E-state index contributed by atoms with van der Waals surface area (Å²) in [6, 6.07) is 6.47. The van der Waals surface area contributed by atoms with Crippen molar-refractivity contribution in [2.24, 2.45) is 0 Å². The van der Waals surface area contributed by atoms with Gasteiger partial charge in [-0.2, -0.15) is 5.10 Å². The van der Waals surface area contributed by atoms with Crippen molar-refractivity contribution < 1.29 is 0 Å². The lowest BCUT2D eigenvalue weighted by atomic mass is 10.1. The molecule has 0 aliphatic heterocycles. The Labute approximate surface area is 115 Å². The van der Waals surface area contributed by atoms with Gasteiger partial charge >= 0.3 is 0 Å². The number of aryl methyl sites for hydroxylation is 3. The van der Waals surface area contributed by atoms with E-state index in [2.05, 4.69) is 55.6 Å². The van der Waals surface area contributed by atoms with E-state index in [0.717, 1.165) is 25.9 Å². The van der Waals surface area contributed by atoms with Gasteiger partial charge in [-0.15, -0.1) is 0 Å². The van der Waals surface area contributed by atoms with Crippen molar-refractivity contribution in [3.8, 4) is 5.69 Å². The van der Waals surface area contributed by atoms with E-state index in [4.69, 9.17) is 0 Å². The van der Waals surface area contributed by atoms with Crippen molar-refractivity contribution in [3.63, 3.8) is 0 Å². The average Bonchev–Trinajstić information content (AvgIpc) is 2.86. The van der Waals surface area contributed by atoms with Gasteiger partial charge in [0.05, 0.1) is 11.9 Å².